The van der Waals surface area contributed by atoms with Crippen LogP contribution in [-0.2, 0) is 23.2 Å². The number of amides is 2. The van der Waals surface area contributed by atoms with Crippen molar-refractivity contribution < 1.29 is 9.59 Å². The molecule has 0 saturated carbocycles. The molecular weight excluding hydrogens is 220 g/mol. The molecule has 6 heteroatoms. The largest absolute Gasteiger partial charge is 0.369 e. The lowest BCUT2D eigenvalue weighted by atomic mass is 10.1. The van der Waals surface area contributed by atoms with Crippen molar-refractivity contribution >= 4 is 11.8 Å². The van der Waals surface area contributed by atoms with E-state index in [1.165, 1.54) is 0 Å². The monoisotopic (exact) mass is 236 g/mol. The van der Waals surface area contributed by atoms with Crippen molar-refractivity contribution in [3.8, 4) is 0 Å². The van der Waals surface area contributed by atoms with Crippen LogP contribution in [-0.4, -0.2) is 33.0 Å². The van der Waals surface area contributed by atoms with Gasteiger partial charge in [0.1, 0.15) is 0 Å². The molecule has 92 valence electrons. The summed E-state index contributed by atoms with van der Waals surface area (Å²) in [6.45, 7) is 2.81. The van der Waals surface area contributed by atoms with Gasteiger partial charge in [0.05, 0.1) is 18.2 Å². The molecule has 2 N–H and O–H groups in total. The number of likely N-dealkylation sites (tertiary alicyclic amines) is 1. The highest BCUT2D eigenvalue weighted by molar-refractivity contribution is 5.88. The van der Waals surface area contributed by atoms with Gasteiger partial charge in [0.15, 0.2) is 0 Å². The molecule has 6 nitrogen and oxygen atoms in total. The summed E-state index contributed by atoms with van der Waals surface area (Å²) in [4.78, 5) is 24.3. The molecule has 1 aliphatic rings. The summed E-state index contributed by atoms with van der Waals surface area (Å²) >= 11 is 0. The van der Waals surface area contributed by atoms with Gasteiger partial charge in [-0.2, -0.15) is 5.10 Å². The number of hydrogen-bond donors (Lipinski definition) is 1. The van der Waals surface area contributed by atoms with Gasteiger partial charge >= 0.3 is 0 Å². The predicted molar refractivity (Wildman–Crippen MR) is 60.7 cm³/mol. The summed E-state index contributed by atoms with van der Waals surface area (Å²) in [5.41, 5.74) is 7.08. The molecule has 1 aromatic rings. The Hall–Kier alpha value is -1.85. The first kappa shape index (κ1) is 11.6. The van der Waals surface area contributed by atoms with Crippen LogP contribution in [0.1, 0.15) is 17.8 Å². The second kappa shape index (κ2) is 4.20. The molecule has 1 aromatic heterocycles. The molecule has 0 aliphatic carbocycles. The van der Waals surface area contributed by atoms with Crippen molar-refractivity contribution in [3.05, 3.63) is 17.5 Å². The number of hydrogen-bond acceptors (Lipinski definition) is 3. The fraction of sp³-hybridized carbons (Fsp3) is 0.545. The maximum Gasteiger partial charge on any atom is 0.223 e. The zero-order chi connectivity index (χ0) is 12.6. The molecule has 0 spiro atoms. The number of aryl methyl sites for hydroxylation is 2. The van der Waals surface area contributed by atoms with Crippen LogP contribution in [0.4, 0.5) is 0 Å². The van der Waals surface area contributed by atoms with Gasteiger partial charge in [-0.3, -0.25) is 14.3 Å². The van der Waals surface area contributed by atoms with Crippen molar-refractivity contribution in [1.82, 2.24) is 14.7 Å². The number of nitrogens with zero attached hydrogens (tertiary/aromatic N) is 3. The second-order valence-electron chi connectivity index (χ2n) is 4.48. The van der Waals surface area contributed by atoms with Gasteiger partial charge in [-0.15, -0.1) is 0 Å². The SMILES string of the molecule is Cc1cc(CN2CC(C(N)=O)CC2=O)nn1C. The molecule has 1 unspecified atom stereocenters. The molecule has 0 aromatic carbocycles. The number of aromatic nitrogens is 2. The molecule has 1 atom stereocenters. The smallest absolute Gasteiger partial charge is 0.223 e. The quantitative estimate of drug-likeness (QED) is 0.772. The summed E-state index contributed by atoms with van der Waals surface area (Å²) < 4.78 is 1.77. The van der Waals surface area contributed by atoms with Gasteiger partial charge in [-0.1, -0.05) is 0 Å². The van der Waals surface area contributed by atoms with E-state index in [0.717, 1.165) is 11.4 Å². The van der Waals surface area contributed by atoms with E-state index in [1.54, 1.807) is 9.58 Å². The zero-order valence-electron chi connectivity index (χ0n) is 10.0. The lowest BCUT2D eigenvalue weighted by Crippen LogP contribution is -2.28. The van der Waals surface area contributed by atoms with Crippen LogP contribution in [0.25, 0.3) is 0 Å². The average molecular weight is 236 g/mol. The van der Waals surface area contributed by atoms with Crippen molar-refractivity contribution in [3.63, 3.8) is 0 Å². The Balaban J connectivity index is 2.05. The lowest BCUT2D eigenvalue weighted by molar-refractivity contribution is -0.128. The highest BCUT2D eigenvalue weighted by Crippen LogP contribution is 2.19. The van der Waals surface area contributed by atoms with E-state index in [9.17, 15) is 9.59 Å². The Labute approximate surface area is 99.4 Å². The highest BCUT2D eigenvalue weighted by Gasteiger charge is 2.33. The van der Waals surface area contributed by atoms with E-state index < -0.39 is 5.91 Å². The summed E-state index contributed by atoms with van der Waals surface area (Å²) in [6, 6.07) is 1.94. The fourth-order valence-corrected chi connectivity index (χ4v) is 2.02. The molecule has 0 radical (unpaired) electrons. The van der Waals surface area contributed by atoms with Gasteiger partial charge in [0, 0.05) is 25.7 Å². The lowest BCUT2D eigenvalue weighted by Gasteiger charge is -2.14. The van der Waals surface area contributed by atoms with Crippen LogP contribution in [0.2, 0.25) is 0 Å². The van der Waals surface area contributed by atoms with Crippen LogP contribution in [0, 0.1) is 12.8 Å². The first-order chi connectivity index (χ1) is 7.97. The third kappa shape index (κ3) is 2.30. The second-order valence-corrected chi connectivity index (χ2v) is 4.48. The number of carbonyl (C=O) groups is 2. The van der Waals surface area contributed by atoms with E-state index in [4.69, 9.17) is 5.73 Å². The van der Waals surface area contributed by atoms with Crippen molar-refractivity contribution in [2.75, 3.05) is 6.54 Å². The van der Waals surface area contributed by atoms with Gasteiger partial charge in [0.2, 0.25) is 11.8 Å². The minimum absolute atomic E-state index is 0.0305. The number of rotatable bonds is 3. The highest BCUT2D eigenvalue weighted by atomic mass is 16.2. The van der Waals surface area contributed by atoms with Crippen LogP contribution in [0.5, 0.6) is 0 Å². The Bertz CT molecular complexity index is 447. The molecular formula is C11H16N4O2. The molecule has 1 saturated heterocycles. The van der Waals surface area contributed by atoms with Crippen LogP contribution in [0.15, 0.2) is 6.07 Å². The van der Waals surface area contributed by atoms with Gasteiger partial charge in [-0.25, -0.2) is 0 Å². The third-order valence-electron chi connectivity index (χ3n) is 3.13. The van der Waals surface area contributed by atoms with E-state index in [2.05, 4.69) is 5.10 Å². The van der Waals surface area contributed by atoms with E-state index in [0.29, 0.717) is 13.1 Å². The third-order valence-corrected chi connectivity index (χ3v) is 3.13. The molecule has 17 heavy (non-hydrogen) atoms. The zero-order valence-corrected chi connectivity index (χ0v) is 10.0. The Morgan fingerprint density at radius 3 is 2.82 bits per heavy atom. The molecule has 2 amide bonds. The fourth-order valence-electron chi connectivity index (χ4n) is 2.02. The minimum Gasteiger partial charge on any atom is -0.369 e. The first-order valence-electron chi connectivity index (χ1n) is 5.54. The molecule has 0 bridgehead atoms. The van der Waals surface area contributed by atoms with Gasteiger partial charge in [0.25, 0.3) is 0 Å². The maximum atomic E-state index is 11.7. The Kier molecular flexibility index (Phi) is 2.87. The van der Waals surface area contributed by atoms with Crippen molar-refractivity contribution in [2.24, 2.45) is 18.7 Å². The number of nitrogens with two attached hydrogens (primary N) is 1. The van der Waals surface area contributed by atoms with Gasteiger partial charge < -0.3 is 10.6 Å². The van der Waals surface area contributed by atoms with Crippen LogP contribution in [0.3, 0.4) is 0 Å². The summed E-state index contributed by atoms with van der Waals surface area (Å²) in [5, 5.41) is 4.28. The molecule has 2 heterocycles. The van der Waals surface area contributed by atoms with Crippen LogP contribution < -0.4 is 5.73 Å². The predicted octanol–water partition coefficient (Wildman–Crippen LogP) is -0.438. The topological polar surface area (TPSA) is 81.2 Å². The summed E-state index contributed by atoms with van der Waals surface area (Å²) in [7, 11) is 1.86. The van der Waals surface area contributed by atoms with E-state index in [-0.39, 0.29) is 18.2 Å². The van der Waals surface area contributed by atoms with Crippen LogP contribution >= 0.6 is 0 Å². The Morgan fingerprint density at radius 2 is 2.35 bits per heavy atom. The van der Waals surface area contributed by atoms with E-state index in [1.807, 2.05) is 20.0 Å². The first-order valence-corrected chi connectivity index (χ1v) is 5.54. The molecule has 1 aliphatic heterocycles. The normalized spacial score (nSPS) is 20.0. The minimum atomic E-state index is -0.405. The standard InChI is InChI=1S/C11H16N4O2/c1-7-3-9(13-14(7)2)6-15-5-8(11(12)17)4-10(15)16/h3,8H,4-6H2,1-2H3,(H2,12,17). The number of carbonyl (C=O) groups excluding carboxylic acids is 2. The van der Waals surface area contributed by atoms with Crippen molar-refractivity contribution in [2.45, 2.75) is 19.9 Å². The summed E-state index contributed by atoms with van der Waals surface area (Å²) in [6.07, 6.45) is 0.223. The van der Waals surface area contributed by atoms with E-state index >= 15 is 0 Å². The Morgan fingerprint density at radius 1 is 1.65 bits per heavy atom. The molecule has 2 rings (SSSR count). The van der Waals surface area contributed by atoms with Gasteiger partial charge in [-0.05, 0) is 13.0 Å². The maximum absolute atomic E-state index is 11.7. The molecule has 1 fully saturated rings. The van der Waals surface area contributed by atoms with Crippen molar-refractivity contribution in [1.29, 1.82) is 0 Å². The average Bonchev–Trinajstić information content (AvgIpc) is 2.73. The number of primary amides is 1. The summed E-state index contributed by atoms with van der Waals surface area (Å²) in [5.74, 6) is -0.789.